The van der Waals surface area contributed by atoms with Crippen molar-refractivity contribution in [1.29, 1.82) is 0 Å². The Morgan fingerprint density at radius 3 is 3.06 bits per heavy atom. The molecule has 5 heteroatoms. The van der Waals surface area contributed by atoms with Gasteiger partial charge in [-0.15, -0.1) is 11.8 Å². The van der Waals surface area contributed by atoms with E-state index in [0.29, 0.717) is 5.75 Å². The Morgan fingerprint density at radius 2 is 2.33 bits per heavy atom. The van der Waals surface area contributed by atoms with Crippen LogP contribution in [0.2, 0.25) is 0 Å². The molecule has 1 fully saturated rings. The van der Waals surface area contributed by atoms with Gasteiger partial charge in [0, 0.05) is 16.6 Å². The van der Waals surface area contributed by atoms with E-state index in [2.05, 4.69) is 39.4 Å². The molecular weight excluding hydrogens is 314 g/mol. The largest absolute Gasteiger partial charge is 0.480 e. The second kappa shape index (κ2) is 4.54. The summed E-state index contributed by atoms with van der Waals surface area (Å²) in [5, 5.41) is 12.4. The molecule has 3 rings (SSSR count). The lowest BCUT2D eigenvalue weighted by Crippen LogP contribution is -2.48. The van der Waals surface area contributed by atoms with E-state index in [1.165, 1.54) is 11.1 Å². The zero-order valence-electron chi connectivity index (χ0n) is 9.78. The first-order chi connectivity index (χ1) is 8.58. The second-order valence-corrected chi connectivity index (χ2v) is 7.25. The van der Waals surface area contributed by atoms with Crippen LogP contribution in [-0.4, -0.2) is 27.7 Å². The summed E-state index contributed by atoms with van der Waals surface area (Å²) in [6, 6.07) is 5.99. The van der Waals surface area contributed by atoms with Crippen molar-refractivity contribution >= 4 is 33.7 Å². The number of aryl methyl sites for hydroxylation is 1. The van der Waals surface area contributed by atoms with Gasteiger partial charge in [0.15, 0.2) is 0 Å². The van der Waals surface area contributed by atoms with Gasteiger partial charge in [0.25, 0.3) is 0 Å². The minimum absolute atomic E-state index is 0.0656. The minimum Gasteiger partial charge on any atom is -0.480 e. The van der Waals surface area contributed by atoms with Gasteiger partial charge in [0.2, 0.25) is 0 Å². The van der Waals surface area contributed by atoms with E-state index in [0.717, 1.165) is 23.7 Å². The van der Waals surface area contributed by atoms with E-state index in [1.807, 2.05) is 0 Å². The SMILES string of the molecule is O=C(O)[C@H]1CSC2(CCc3cc(Br)ccc3C2)N1. The third-order valence-electron chi connectivity index (χ3n) is 3.70. The molecule has 2 atom stereocenters. The summed E-state index contributed by atoms with van der Waals surface area (Å²) in [6.45, 7) is 0. The van der Waals surface area contributed by atoms with Gasteiger partial charge >= 0.3 is 5.97 Å². The van der Waals surface area contributed by atoms with E-state index in [9.17, 15) is 4.79 Å². The van der Waals surface area contributed by atoms with Crippen molar-refractivity contribution in [2.45, 2.75) is 30.2 Å². The standard InChI is InChI=1S/C13H14BrNO2S/c14-10-2-1-9-6-13(4-3-8(9)5-10)15-11(7-18-13)12(16)17/h1-2,5,11,15H,3-4,6-7H2,(H,16,17)/t11-,13?/m1/s1. The number of halogens is 1. The smallest absolute Gasteiger partial charge is 0.321 e. The number of fused-ring (bicyclic) bond motifs is 1. The number of carbonyl (C=O) groups is 1. The van der Waals surface area contributed by atoms with E-state index in [4.69, 9.17) is 5.11 Å². The number of carboxylic acid groups (broad SMARTS) is 1. The molecule has 1 aliphatic carbocycles. The zero-order chi connectivity index (χ0) is 12.8. The molecule has 96 valence electrons. The van der Waals surface area contributed by atoms with Crippen LogP contribution in [0.5, 0.6) is 0 Å². The molecule has 2 N–H and O–H groups in total. The maximum atomic E-state index is 11.0. The van der Waals surface area contributed by atoms with Crippen molar-refractivity contribution < 1.29 is 9.90 Å². The van der Waals surface area contributed by atoms with Crippen molar-refractivity contribution in [3.63, 3.8) is 0 Å². The molecule has 1 spiro atoms. The topological polar surface area (TPSA) is 49.3 Å². The zero-order valence-corrected chi connectivity index (χ0v) is 12.2. The minimum atomic E-state index is -0.735. The number of rotatable bonds is 1. The first-order valence-corrected chi connectivity index (χ1v) is 7.78. The van der Waals surface area contributed by atoms with Crippen LogP contribution in [0.25, 0.3) is 0 Å². The van der Waals surface area contributed by atoms with Crippen LogP contribution in [0.4, 0.5) is 0 Å². The van der Waals surface area contributed by atoms with Crippen molar-refractivity contribution in [1.82, 2.24) is 5.32 Å². The van der Waals surface area contributed by atoms with Crippen molar-refractivity contribution in [2.24, 2.45) is 0 Å². The summed E-state index contributed by atoms with van der Waals surface area (Å²) in [5.41, 5.74) is 2.73. The van der Waals surface area contributed by atoms with Crippen LogP contribution in [0.1, 0.15) is 17.5 Å². The molecule has 0 radical (unpaired) electrons. The van der Waals surface area contributed by atoms with Crippen molar-refractivity contribution in [2.75, 3.05) is 5.75 Å². The van der Waals surface area contributed by atoms with E-state index >= 15 is 0 Å². The number of hydrogen-bond donors (Lipinski definition) is 2. The highest BCUT2D eigenvalue weighted by atomic mass is 79.9. The first-order valence-electron chi connectivity index (χ1n) is 6.00. The Kier molecular flexibility index (Phi) is 3.16. The summed E-state index contributed by atoms with van der Waals surface area (Å²) < 4.78 is 1.12. The molecule has 0 bridgehead atoms. The lowest BCUT2D eigenvalue weighted by molar-refractivity contribution is -0.138. The van der Waals surface area contributed by atoms with Gasteiger partial charge in [-0.1, -0.05) is 22.0 Å². The molecule has 0 aromatic heterocycles. The van der Waals surface area contributed by atoms with Crippen LogP contribution < -0.4 is 5.32 Å². The van der Waals surface area contributed by atoms with E-state index in [1.54, 1.807) is 11.8 Å². The lowest BCUT2D eigenvalue weighted by Gasteiger charge is -2.34. The molecule has 0 amide bonds. The van der Waals surface area contributed by atoms with Gasteiger partial charge in [-0.05, 0) is 36.1 Å². The summed E-state index contributed by atoms with van der Waals surface area (Å²) in [4.78, 5) is 11.0. The highest BCUT2D eigenvalue weighted by Gasteiger charge is 2.43. The molecule has 1 aromatic rings. The monoisotopic (exact) mass is 327 g/mol. The van der Waals surface area contributed by atoms with E-state index < -0.39 is 12.0 Å². The maximum Gasteiger partial charge on any atom is 0.321 e. The van der Waals surface area contributed by atoms with Gasteiger partial charge in [0.1, 0.15) is 6.04 Å². The predicted molar refractivity (Wildman–Crippen MR) is 75.9 cm³/mol. The molecule has 1 unspecified atom stereocenters. The van der Waals surface area contributed by atoms with Crippen LogP contribution in [-0.2, 0) is 17.6 Å². The fourth-order valence-electron chi connectivity index (χ4n) is 2.76. The Bertz CT molecular complexity index is 508. The Labute approximate surface area is 118 Å². The normalized spacial score (nSPS) is 30.4. The van der Waals surface area contributed by atoms with Crippen LogP contribution in [0, 0.1) is 0 Å². The Balaban J connectivity index is 1.83. The number of benzene rings is 1. The molecular formula is C13H14BrNO2S. The number of thioether (sulfide) groups is 1. The van der Waals surface area contributed by atoms with Gasteiger partial charge in [-0.3, -0.25) is 10.1 Å². The molecule has 1 heterocycles. The second-order valence-electron chi connectivity index (χ2n) is 4.93. The average Bonchev–Trinajstić information content (AvgIpc) is 2.74. The highest BCUT2D eigenvalue weighted by molar-refractivity contribution is 9.10. The number of nitrogens with one attached hydrogen (secondary N) is 1. The van der Waals surface area contributed by atoms with E-state index in [-0.39, 0.29) is 4.87 Å². The number of hydrogen-bond acceptors (Lipinski definition) is 3. The predicted octanol–water partition coefficient (Wildman–Crippen LogP) is 2.42. The molecule has 3 nitrogen and oxygen atoms in total. The van der Waals surface area contributed by atoms with Gasteiger partial charge < -0.3 is 5.11 Å². The van der Waals surface area contributed by atoms with Crippen LogP contribution >= 0.6 is 27.7 Å². The average molecular weight is 328 g/mol. The fourth-order valence-corrected chi connectivity index (χ4v) is 4.61. The fraction of sp³-hybridized carbons (Fsp3) is 0.462. The number of aliphatic carboxylic acids is 1. The van der Waals surface area contributed by atoms with Gasteiger partial charge in [-0.2, -0.15) is 0 Å². The lowest BCUT2D eigenvalue weighted by atomic mass is 9.87. The Morgan fingerprint density at radius 1 is 1.50 bits per heavy atom. The van der Waals surface area contributed by atoms with Crippen molar-refractivity contribution in [3.8, 4) is 0 Å². The Hall–Kier alpha value is -0.520. The first kappa shape index (κ1) is 12.5. The maximum absolute atomic E-state index is 11.0. The van der Waals surface area contributed by atoms with Gasteiger partial charge in [0.05, 0.1) is 4.87 Å². The molecule has 2 aliphatic rings. The summed E-state index contributed by atoms with van der Waals surface area (Å²) in [6.07, 6.45) is 2.94. The third-order valence-corrected chi connectivity index (χ3v) is 5.72. The van der Waals surface area contributed by atoms with Crippen LogP contribution in [0.15, 0.2) is 22.7 Å². The molecule has 18 heavy (non-hydrogen) atoms. The summed E-state index contributed by atoms with van der Waals surface area (Å²) in [7, 11) is 0. The molecule has 1 saturated heterocycles. The third kappa shape index (κ3) is 2.19. The molecule has 1 aliphatic heterocycles. The highest BCUT2D eigenvalue weighted by Crippen LogP contribution is 2.41. The molecule has 1 aromatic carbocycles. The quantitative estimate of drug-likeness (QED) is 0.831. The number of carboxylic acids is 1. The van der Waals surface area contributed by atoms with Crippen LogP contribution in [0.3, 0.4) is 0 Å². The van der Waals surface area contributed by atoms with Gasteiger partial charge in [-0.25, -0.2) is 0 Å². The summed E-state index contributed by atoms with van der Waals surface area (Å²) >= 11 is 5.26. The molecule has 0 saturated carbocycles. The van der Waals surface area contributed by atoms with Crippen molar-refractivity contribution in [3.05, 3.63) is 33.8 Å². The summed E-state index contributed by atoms with van der Waals surface area (Å²) in [5.74, 6) is -0.0674.